The zero-order valence-electron chi connectivity index (χ0n) is 15.8. The maximum Gasteiger partial charge on any atom is 0.255 e. The monoisotopic (exact) mass is 377 g/mol. The van der Waals surface area contributed by atoms with Gasteiger partial charge in [0.2, 0.25) is 5.91 Å². The highest BCUT2D eigenvalue weighted by molar-refractivity contribution is 6.33. The van der Waals surface area contributed by atoms with E-state index >= 15 is 0 Å². The van der Waals surface area contributed by atoms with Gasteiger partial charge in [-0.2, -0.15) is 0 Å². The summed E-state index contributed by atoms with van der Waals surface area (Å²) in [4.78, 5) is 29.4. The van der Waals surface area contributed by atoms with Crippen molar-refractivity contribution in [2.75, 3.05) is 19.6 Å². The zero-order valence-corrected chi connectivity index (χ0v) is 16.6. The van der Waals surface area contributed by atoms with Gasteiger partial charge in [-0.3, -0.25) is 14.9 Å². The third-order valence-corrected chi connectivity index (χ3v) is 5.86. The Labute approximate surface area is 160 Å². The van der Waals surface area contributed by atoms with Crippen molar-refractivity contribution in [2.24, 2.45) is 5.92 Å². The van der Waals surface area contributed by atoms with Gasteiger partial charge in [0.1, 0.15) is 0 Å². The first-order chi connectivity index (χ1) is 12.4. The molecule has 2 saturated heterocycles. The number of hydrogen-bond acceptors (Lipinski definition) is 3. The first kappa shape index (κ1) is 19.2. The van der Waals surface area contributed by atoms with Gasteiger partial charge in [-0.05, 0) is 31.4 Å². The van der Waals surface area contributed by atoms with Gasteiger partial charge in [0, 0.05) is 32.5 Å². The minimum absolute atomic E-state index is 0.0310. The molecular formula is C20H28ClN3O2. The lowest BCUT2D eigenvalue weighted by atomic mass is 9.95. The molecule has 1 aromatic rings. The van der Waals surface area contributed by atoms with Crippen LogP contribution in [-0.2, 0) is 4.79 Å². The van der Waals surface area contributed by atoms with Crippen molar-refractivity contribution in [1.82, 2.24) is 15.1 Å². The number of likely N-dealkylation sites (N-methyl/N-ethyl adjacent to an activating group) is 1. The Bertz CT molecular complexity index is 683. The summed E-state index contributed by atoms with van der Waals surface area (Å²) in [5, 5.41) is 4.10. The quantitative estimate of drug-likeness (QED) is 0.877. The van der Waals surface area contributed by atoms with E-state index in [0.29, 0.717) is 36.1 Å². The first-order valence-corrected chi connectivity index (χ1v) is 9.88. The van der Waals surface area contributed by atoms with Gasteiger partial charge in [0.15, 0.2) is 0 Å². The molecule has 0 bridgehead atoms. The summed E-state index contributed by atoms with van der Waals surface area (Å²) in [6.07, 6.45) is 2.34. The van der Waals surface area contributed by atoms with Crippen molar-refractivity contribution >= 4 is 23.4 Å². The van der Waals surface area contributed by atoms with Gasteiger partial charge in [-0.15, -0.1) is 0 Å². The van der Waals surface area contributed by atoms with E-state index in [-0.39, 0.29) is 23.5 Å². The summed E-state index contributed by atoms with van der Waals surface area (Å²) in [6.45, 7) is 8.24. The van der Waals surface area contributed by atoms with Crippen LogP contribution in [0.5, 0.6) is 0 Å². The first-order valence-electron chi connectivity index (χ1n) is 9.51. The average Bonchev–Trinajstić information content (AvgIpc) is 2.85. The second kappa shape index (κ2) is 7.57. The Balaban J connectivity index is 1.71. The molecule has 0 aromatic heterocycles. The van der Waals surface area contributed by atoms with Crippen LogP contribution in [0.2, 0.25) is 5.02 Å². The van der Waals surface area contributed by atoms with Crippen LogP contribution in [-0.4, -0.2) is 53.0 Å². The number of rotatable bonds is 4. The van der Waals surface area contributed by atoms with Crippen LogP contribution >= 0.6 is 11.6 Å². The van der Waals surface area contributed by atoms with Crippen LogP contribution in [0, 0.1) is 5.92 Å². The molecule has 6 heteroatoms. The predicted octanol–water partition coefficient (Wildman–Crippen LogP) is 3.14. The normalized spacial score (nSPS) is 22.5. The number of piperidine rings is 1. The van der Waals surface area contributed by atoms with E-state index in [9.17, 15) is 9.59 Å². The summed E-state index contributed by atoms with van der Waals surface area (Å²) >= 11 is 6.18. The highest BCUT2D eigenvalue weighted by Crippen LogP contribution is 2.34. The number of hydrogen-bond donors (Lipinski definition) is 1. The highest BCUT2D eigenvalue weighted by Gasteiger charge is 2.51. The standard InChI is InChI=1S/C20H28ClN3O2/c1-4-24-19(26)17(13-14(2)3)22-20(24)9-11-23(12-10-20)18(25)15-7-5-6-8-16(15)21/h5-8,14,17,22H,4,9-13H2,1-3H3. The van der Waals surface area contributed by atoms with E-state index < -0.39 is 0 Å². The summed E-state index contributed by atoms with van der Waals surface area (Å²) in [7, 11) is 0. The topological polar surface area (TPSA) is 52.7 Å². The fourth-order valence-electron chi connectivity index (χ4n) is 4.25. The molecule has 1 atom stereocenters. The molecule has 2 fully saturated rings. The van der Waals surface area contributed by atoms with E-state index in [4.69, 9.17) is 11.6 Å². The molecule has 142 valence electrons. The lowest BCUT2D eigenvalue weighted by Crippen LogP contribution is -2.59. The summed E-state index contributed by atoms with van der Waals surface area (Å²) in [5.41, 5.74) is 0.230. The van der Waals surface area contributed by atoms with E-state index in [1.54, 1.807) is 12.1 Å². The number of carbonyl (C=O) groups is 2. The van der Waals surface area contributed by atoms with Crippen LogP contribution < -0.4 is 5.32 Å². The molecule has 2 heterocycles. The number of likely N-dealkylation sites (tertiary alicyclic amines) is 1. The largest absolute Gasteiger partial charge is 0.338 e. The molecule has 0 saturated carbocycles. The van der Waals surface area contributed by atoms with Crippen molar-refractivity contribution in [3.8, 4) is 0 Å². The number of carbonyl (C=O) groups excluding carboxylic acids is 2. The maximum atomic E-state index is 12.8. The van der Waals surface area contributed by atoms with Crippen LogP contribution in [0.3, 0.4) is 0 Å². The molecule has 1 aromatic carbocycles. The van der Waals surface area contributed by atoms with Crippen molar-refractivity contribution in [3.05, 3.63) is 34.9 Å². The van der Waals surface area contributed by atoms with E-state index in [1.807, 2.05) is 28.9 Å². The predicted molar refractivity (Wildman–Crippen MR) is 103 cm³/mol. The number of nitrogens with one attached hydrogen (secondary N) is 1. The van der Waals surface area contributed by atoms with Crippen molar-refractivity contribution in [3.63, 3.8) is 0 Å². The fraction of sp³-hybridized carbons (Fsp3) is 0.600. The summed E-state index contributed by atoms with van der Waals surface area (Å²) < 4.78 is 0. The number of nitrogens with zero attached hydrogens (tertiary/aromatic N) is 2. The third kappa shape index (κ3) is 3.47. The number of halogens is 1. The summed E-state index contributed by atoms with van der Waals surface area (Å²) in [5.74, 6) is 0.635. The van der Waals surface area contributed by atoms with Gasteiger partial charge in [-0.1, -0.05) is 37.6 Å². The van der Waals surface area contributed by atoms with Crippen LogP contribution in [0.4, 0.5) is 0 Å². The lowest BCUT2D eigenvalue weighted by molar-refractivity contribution is -0.133. The second-order valence-electron chi connectivity index (χ2n) is 7.71. The van der Waals surface area contributed by atoms with Gasteiger partial charge in [0.05, 0.1) is 22.3 Å². The van der Waals surface area contributed by atoms with Crippen molar-refractivity contribution in [2.45, 2.75) is 51.7 Å². The highest BCUT2D eigenvalue weighted by atomic mass is 35.5. The maximum absolute atomic E-state index is 12.8. The minimum Gasteiger partial charge on any atom is -0.338 e. The molecule has 0 aliphatic carbocycles. The number of amides is 2. The molecule has 2 amide bonds. The average molecular weight is 378 g/mol. The fourth-order valence-corrected chi connectivity index (χ4v) is 4.47. The lowest BCUT2D eigenvalue weighted by Gasteiger charge is -2.44. The van der Waals surface area contributed by atoms with Crippen molar-refractivity contribution < 1.29 is 9.59 Å². The van der Waals surface area contributed by atoms with Gasteiger partial charge >= 0.3 is 0 Å². The van der Waals surface area contributed by atoms with Gasteiger partial charge in [-0.25, -0.2) is 0 Å². The molecule has 2 aliphatic rings. The Kier molecular flexibility index (Phi) is 5.58. The molecule has 0 radical (unpaired) electrons. The molecular weight excluding hydrogens is 350 g/mol. The van der Waals surface area contributed by atoms with Crippen LogP contribution in [0.1, 0.15) is 50.4 Å². The molecule has 2 aliphatic heterocycles. The van der Waals surface area contributed by atoms with Crippen molar-refractivity contribution in [1.29, 1.82) is 0 Å². The van der Waals surface area contributed by atoms with Gasteiger partial charge < -0.3 is 9.80 Å². The molecule has 1 spiro atoms. The Morgan fingerprint density at radius 3 is 2.54 bits per heavy atom. The Hall–Kier alpha value is -1.59. The molecule has 26 heavy (non-hydrogen) atoms. The Morgan fingerprint density at radius 1 is 1.31 bits per heavy atom. The molecule has 3 rings (SSSR count). The molecule has 5 nitrogen and oxygen atoms in total. The number of benzene rings is 1. The molecule has 1 unspecified atom stereocenters. The Morgan fingerprint density at radius 2 is 1.96 bits per heavy atom. The smallest absolute Gasteiger partial charge is 0.255 e. The zero-order chi connectivity index (χ0) is 18.9. The summed E-state index contributed by atoms with van der Waals surface area (Å²) in [6, 6.07) is 7.06. The van der Waals surface area contributed by atoms with E-state index in [0.717, 1.165) is 19.3 Å². The second-order valence-corrected chi connectivity index (χ2v) is 8.12. The third-order valence-electron chi connectivity index (χ3n) is 5.53. The minimum atomic E-state index is -0.317. The van der Waals surface area contributed by atoms with Gasteiger partial charge in [0.25, 0.3) is 5.91 Å². The van der Waals surface area contributed by atoms with E-state index in [2.05, 4.69) is 19.2 Å². The molecule has 1 N–H and O–H groups in total. The van der Waals surface area contributed by atoms with Crippen LogP contribution in [0.15, 0.2) is 24.3 Å². The van der Waals surface area contributed by atoms with Crippen LogP contribution in [0.25, 0.3) is 0 Å². The SMILES string of the molecule is CCN1C(=O)C(CC(C)C)NC12CCN(C(=O)c1ccccc1Cl)CC2. The van der Waals surface area contributed by atoms with E-state index in [1.165, 1.54) is 0 Å².